The van der Waals surface area contributed by atoms with Crippen LogP contribution in [0.4, 0.5) is 0 Å². The number of aryl methyl sites for hydroxylation is 2. The minimum Gasteiger partial charge on any atom is -0.241 e. The van der Waals surface area contributed by atoms with E-state index in [1.54, 1.807) is 6.07 Å². The van der Waals surface area contributed by atoms with Crippen LogP contribution in [0, 0.1) is 28.7 Å². The molecule has 0 aliphatic rings. The van der Waals surface area contributed by atoms with E-state index in [1.165, 1.54) is 0 Å². The van der Waals surface area contributed by atoms with Gasteiger partial charge >= 0.3 is 0 Å². The maximum atomic E-state index is 8.56. The van der Waals surface area contributed by atoms with E-state index < -0.39 is 0 Å². The van der Waals surface area contributed by atoms with Crippen molar-refractivity contribution in [3.8, 4) is 6.07 Å². The average Bonchev–Trinajstić information content (AvgIpc) is 1.99. The first-order valence-electron chi connectivity index (χ1n) is 3.19. The van der Waals surface area contributed by atoms with Crippen molar-refractivity contribution >= 4 is 22.6 Å². The first kappa shape index (κ1) is 8.47. The molecule has 0 radical (unpaired) electrons. The van der Waals surface area contributed by atoms with E-state index in [9.17, 15) is 0 Å². The summed E-state index contributed by atoms with van der Waals surface area (Å²) in [4.78, 5) is 4.08. The number of hydrogen-bond donors (Lipinski definition) is 0. The van der Waals surface area contributed by atoms with Gasteiger partial charge in [-0.3, -0.25) is 0 Å². The Morgan fingerprint density at radius 1 is 1.55 bits per heavy atom. The molecule has 0 saturated carbocycles. The van der Waals surface area contributed by atoms with E-state index in [-0.39, 0.29) is 0 Å². The van der Waals surface area contributed by atoms with Crippen LogP contribution in [0.5, 0.6) is 0 Å². The van der Waals surface area contributed by atoms with Gasteiger partial charge in [-0.25, -0.2) is 4.98 Å². The lowest BCUT2D eigenvalue weighted by Gasteiger charge is -2.00. The highest BCUT2D eigenvalue weighted by molar-refractivity contribution is 14.1. The second-order valence-corrected chi connectivity index (χ2v) is 3.41. The second kappa shape index (κ2) is 3.18. The highest BCUT2D eigenvalue weighted by Gasteiger charge is 2.01. The van der Waals surface area contributed by atoms with Crippen LogP contribution in [0.1, 0.15) is 17.0 Å². The van der Waals surface area contributed by atoms with Gasteiger partial charge in [-0.2, -0.15) is 5.26 Å². The second-order valence-electron chi connectivity index (χ2n) is 2.34. The van der Waals surface area contributed by atoms with Crippen LogP contribution in [0.3, 0.4) is 0 Å². The van der Waals surface area contributed by atoms with Crippen LogP contribution in [0.25, 0.3) is 0 Å². The van der Waals surface area contributed by atoms with Crippen LogP contribution >= 0.6 is 22.6 Å². The predicted octanol–water partition coefficient (Wildman–Crippen LogP) is 2.17. The third-order valence-corrected chi connectivity index (χ3v) is 3.05. The topological polar surface area (TPSA) is 36.7 Å². The first-order chi connectivity index (χ1) is 5.15. The number of pyridine rings is 1. The lowest BCUT2D eigenvalue weighted by Crippen LogP contribution is -1.93. The van der Waals surface area contributed by atoms with E-state index >= 15 is 0 Å². The van der Waals surface area contributed by atoms with Crippen molar-refractivity contribution in [3.63, 3.8) is 0 Å². The Labute approximate surface area is 79.4 Å². The molecule has 0 aliphatic carbocycles. The molecule has 1 heterocycles. The molecule has 0 N–H and O–H groups in total. The summed E-state index contributed by atoms with van der Waals surface area (Å²) in [5.41, 5.74) is 2.55. The summed E-state index contributed by atoms with van der Waals surface area (Å²) in [7, 11) is 0. The van der Waals surface area contributed by atoms with Gasteiger partial charge in [-0.05, 0) is 48.1 Å². The molecule has 1 aromatic heterocycles. The molecule has 0 fully saturated rings. The van der Waals surface area contributed by atoms with Crippen LogP contribution in [0.2, 0.25) is 0 Å². The minimum absolute atomic E-state index is 0.500. The fourth-order valence-corrected chi connectivity index (χ4v) is 1.15. The standard InChI is InChI=1S/C8H7IN2/c1-5-3-7(4-10)11-6(2)8(5)9/h3H,1-2H3. The van der Waals surface area contributed by atoms with Gasteiger partial charge in [0.25, 0.3) is 0 Å². The van der Waals surface area contributed by atoms with E-state index in [0.717, 1.165) is 14.8 Å². The zero-order valence-electron chi connectivity index (χ0n) is 6.35. The van der Waals surface area contributed by atoms with E-state index in [0.29, 0.717) is 5.69 Å². The fourth-order valence-electron chi connectivity index (χ4n) is 0.873. The first-order valence-corrected chi connectivity index (χ1v) is 4.27. The highest BCUT2D eigenvalue weighted by Crippen LogP contribution is 2.14. The van der Waals surface area contributed by atoms with Gasteiger partial charge in [0.1, 0.15) is 11.8 Å². The number of rotatable bonds is 0. The van der Waals surface area contributed by atoms with Gasteiger partial charge in [0, 0.05) is 3.57 Å². The monoisotopic (exact) mass is 258 g/mol. The summed E-state index contributed by atoms with van der Waals surface area (Å²) < 4.78 is 1.14. The number of nitriles is 1. The summed E-state index contributed by atoms with van der Waals surface area (Å²) in [5.74, 6) is 0. The maximum Gasteiger partial charge on any atom is 0.141 e. The van der Waals surface area contributed by atoms with Gasteiger partial charge in [0.05, 0.1) is 5.69 Å². The van der Waals surface area contributed by atoms with Gasteiger partial charge in [0.15, 0.2) is 0 Å². The quantitative estimate of drug-likeness (QED) is 0.669. The van der Waals surface area contributed by atoms with Crippen LogP contribution in [0.15, 0.2) is 6.07 Å². The van der Waals surface area contributed by atoms with Crippen molar-refractivity contribution in [2.24, 2.45) is 0 Å². The summed E-state index contributed by atoms with van der Waals surface area (Å²) in [6.45, 7) is 3.90. The molecule has 0 bridgehead atoms. The van der Waals surface area contributed by atoms with Gasteiger partial charge in [0.2, 0.25) is 0 Å². The fraction of sp³-hybridized carbons (Fsp3) is 0.250. The smallest absolute Gasteiger partial charge is 0.141 e. The van der Waals surface area contributed by atoms with E-state index in [2.05, 4.69) is 27.6 Å². The minimum atomic E-state index is 0.500. The molecule has 11 heavy (non-hydrogen) atoms. The lowest BCUT2D eigenvalue weighted by atomic mass is 10.2. The van der Waals surface area contributed by atoms with Crippen LogP contribution < -0.4 is 0 Å². The number of halogens is 1. The largest absolute Gasteiger partial charge is 0.241 e. The summed E-state index contributed by atoms with van der Waals surface area (Å²) in [6, 6.07) is 3.82. The summed E-state index contributed by atoms with van der Waals surface area (Å²) >= 11 is 2.23. The highest BCUT2D eigenvalue weighted by atomic mass is 127. The summed E-state index contributed by atoms with van der Waals surface area (Å²) in [5, 5.41) is 8.56. The van der Waals surface area contributed by atoms with Gasteiger partial charge in [-0.1, -0.05) is 0 Å². The van der Waals surface area contributed by atoms with Crippen molar-refractivity contribution in [2.45, 2.75) is 13.8 Å². The lowest BCUT2D eigenvalue weighted by molar-refractivity contribution is 1.12. The number of hydrogen-bond acceptors (Lipinski definition) is 2. The number of nitrogens with zero attached hydrogens (tertiary/aromatic N) is 2. The van der Waals surface area contributed by atoms with Crippen molar-refractivity contribution in [3.05, 3.63) is 26.6 Å². The molecule has 3 heteroatoms. The van der Waals surface area contributed by atoms with Crippen molar-refractivity contribution in [1.82, 2.24) is 4.98 Å². The molecule has 0 unspecified atom stereocenters. The average molecular weight is 258 g/mol. The number of aromatic nitrogens is 1. The Balaban J connectivity index is 3.35. The van der Waals surface area contributed by atoms with Crippen molar-refractivity contribution in [2.75, 3.05) is 0 Å². The predicted molar refractivity (Wildman–Crippen MR) is 51.1 cm³/mol. The molecule has 56 valence electrons. The molecule has 0 spiro atoms. The molecule has 1 rings (SSSR count). The Bertz CT molecular complexity index is 302. The Hall–Kier alpha value is -0.630. The van der Waals surface area contributed by atoms with Crippen molar-refractivity contribution < 1.29 is 0 Å². The molecule has 0 saturated heterocycles. The van der Waals surface area contributed by atoms with Gasteiger partial charge < -0.3 is 0 Å². The maximum absolute atomic E-state index is 8.56. The third kappa shape index (κ3) is 1.69. The van der Waals surface area contributed by atoms with Crippen molar-refractivity contribution in [1.29, 1.82) is 5.26 Å². The molecule has 0 atom stereocenters. The molecule has 2 nitrogen and oxygen atoms in total. The van der Waals surface area contributed by atoms with Gasteiger partial charge in [-0.15, -0.1) is 0 Å². The Kier molecular flexibility index (Phi) is 2.45. The molecule has 0 amide bonds. The molecule has 0 aromatic carbocycles. The van der Waals surface area contributed by atoms with Crippen LogP contribution in [-0.4, -0.2) is 4.98 Å². The zero-order valence-corrected chi connectivity index (χ0v) is 8.51. The third-order valence-electron chi connectivity index (χ3n) is 1.42. The van der Waals surface area contributed by atoms with Crippen LogP contribution in [-0.2, 0) is 0 Å². The Morgan fingerprint density at radius 3 is 2.64 bits per heavy atom. The normalized spacial score (nSPS) is 9.27. The van der Waals surface area contributed by atoms with E-state index in [1.807, 2.05) is 19.9 Å². The summed E-state index contributed by atoms with van der Waals surface area (Å²) in [6.07, 6.45) is 0. The van der Waals surface area contributed by atoms with E-state index in [4.69, 9.17) is 5.26 Å². The molecular weight excluding hydrogens is 251 g/mol. The SMILES string of the molecule is Cc1cc(C#N)nc(C)c1I. The molecular formula is C8H7IN2. The Morgan fingerprint density at radius 2 is 2.18 bits per heavy atom. The molecule has 1 aromatic rings. The molecule has 0 aliphatic heterocycles. The zero-order chi connectivity index (χ0) is 8.43.